The molecule has 35 heavy (non-hydrogen) atoms. The number of likely N-dealkylation sites (tertiary alicyclic amines) is 1. The van der Waals surface area contributed by atoms with Gasteiger partial charge < -0.3 is 5.73 Å². The maximum absolute atomic E-state index is 14.4. The number of carbonyl (C=O) groups is 2. The summed E-state index contributed by atoms with van der Waals surface area (Å²) in [7, 11) is 0. The molecular weight excluding hydrogens is 464 g/mol. The van der Waals surface area contributed by atoms with E-state index in [1.165, 1.54) is 0 Å². The van der Waals surface area contributed by atoms with Gasteiger partial charge in [-0.2, -0.15) is 5.10 Å². The Hall–Kier alpha value is -3.62. The van der Waals surface area contributed by atoms with Crippen LogP contribution in [0.15, 0.2) is 73.2 Å². The quantitative estimate of drug-likeness (QED) is 0.531. The summed E-state index contributed by atoms with van der Waals surface area (Å²) in [6.45, 7) is 1.39. The summed E-state index contributed by atoms with van der Waals surface area (Å²) >= 11 is 6.05. The van der Waals surface area contributed by atoms with Crippen molar-refractivity contribution >= 4 is 23.3 Å². The van der Waals surface area contributed by atoms with Crippen LogP contribution < -0.4 is 5.73 Å². The van der Waals surface area contributed by atoms with E-state index in [2.05, 4.69) is 14.9 Å². The summed E-state index contributed by atoms with van der Waals surface area (Å²) < 4.78 is 1.64. The smallest absolute Gasteiger partial charge is 0.227 e. The van der Waals surface area contributed by atoms with Crippen LogP contribution in [0.5, 0.6) is 0 Å². The molecule has 0 saturated carbocycles. The van der Waals surface area contributed by atoms with E-state index in [4.69, 9.17) is 22.4 Å². The van der Waals surface area contributed by atoms with Gasteiger partial charge in [-0.25, -0.2) is 4.68 Å². The average molecular weight is 489 g/mol. The Morgan fingerprint density at radius 3 is 2.60 bits per heavy atom. The first-order chi connectivity index (χ1) is 17.0. The van der Waals surface area contributed by atoms with Crippen LogP contribution in [-0.4, -0.2) is 55.0 Å². The topological polar surface area (TPSA) is 107 Å². The molecule has 0 aromatic carbocycles. The van der Waals surface area contributed by atoms with Crippen LogP contribution >= 0.6 is 11.6 Å². The van der Waals surface area contributed by atoms with Crippen molar-refractivity contribution in [1.82, 2.24) is 24.6 Å². The normalized spacial score (nSPS) is 22.3. The number of primary amides is 1. The Bertz CT molecular complexity index is 1300. The minimum Gasteiger partial charge on any atom is -0.369 e. The number of hydrogen-bond donors (Lipinski definition) is 1. The zero-order valence-electron chi connectivity index (χ0n) is 19.0. The van der Waals surface area contributed by atoms with Gasteiger partial charge in [0.25, 0.3) is 0 Å². The molecule has 1 saturated heterocycles. The second kappa shape index (κ2) is 9.56. The molecule has 0 spiro atoms. The lowest BCUT2D eigenvalue weighted by Gasteiger charge is -2.46. The molecule has 1 aliphatic carbocycles. The predicted molar refractivity (Wildman–Crippen MR) is 133 cm³/mol. The molecule has 1 fully saturated rings. The molecule has 2 unspecified atom stereocenters. The molecule has 5 rings (SSSR count). The third-order valence-electron chi connectivity index (χ3n) is 6.61. The molecule has 2 atom stereocenters. The van der Waals surface area contributed by atoms with Gasteiger partial charge in [0.1, 0.15) is 11.2 Å². The molecule has 4 heterocycles. The molecule has 3 aromatic heterocycles. The maximum atomic E-state index is 14.4. The Balaban J connectivity index is 1.66. The van der Waals surface area contributed by atoms with Gasteiger partial charge in [0.2, 0.25) is 11.7 Å². The largest absolute Gasteiger partial charge is 0.369 e. The second-order valence-corrected chi connectivity index (χ2v) is 9.16. The van der Waals surface area contributed by atoms with Gasteiger partial charge >= 0.3 is 0 Å². The molecule has 178 valence electrons. The van der Waals surface area contributed by atoms with Crippen molar-refractivity contribution in [3.63, 3.8) is 0 Å². The van der Waals surface area contributed by atoms with Gasteiger partial charge in [0.15, 0.2) is 0 Å². The van der Waals surface area contributed by atoms with Crippen LogP contribution in [-0.2, 0) is 4.79 Å². The van der Waals surface area contributed by atoms with Crippen molar-refractivity contribution in [1.29, 1.82) is 0 Å². The van der Waals surface area contributed by atoms with E-state index in [0.29, 0.717) is 35.2 Å². The molecule has 0 bridgehead atoms. The number of aromatic nitrogens is 4. The zero-order valence-corrected chi connectivity index (χ0v) is 19.8. The van der Waals surface area contributed by atoms with E-state index >= 15 is 0 Å². The summed E-state index contributed by atoms with van der Waals surface area (Å²) in [6.07, 6.45) is 15.0. The maximum Gasteiger partial charge on any atom is 0.227 e. The van der Waals surface area contributed by atoms with Crippen LogP contribution in [0.3, 0.4) is 0 Å². The zero-order chi connectivity index (χ0) is 24.4. The number of pyridine rings is 2. The van der Waals surface area contributed by atoms with E-state index in [9.17, 15) is 9.59 Å². The second-order valence-electron chi connectivity index (χ2n) is 8.73. The van der Waals surface area contributed by atoms with Crippen molar-refractivity contribution in [2.75, 3.05) is 13.1 Å². The van der Waals surface area contributed by atoms with Gasteiger partial charge in [-0.05, 0) is 56.3 Å². The molecule has 1 amide bonds. The van der Waals surface area contributed by atoms with Crippen LogP contribution in [0.1, 0.15) is 29.8 Å². The minimum atomic E-state index is -1.24. The first-order valence-electron chi connectivity index (χ1n) is 11.6. The van der Waals surface area contributed by atoms with Gasteiger partial charge in [-0.1, -0.05) is 42.3 Å². The van der Waals surface area contributed by atoms with Crippen LogP contribution in [0, 0.1) is 5.92 Å². The number of Topliss-reactive ketones (excluding diaryl/α,β-unsaturated/α-hetero) is 1. The highest BCUT2D eigenvalue weighted by molar-refractivity contribution is 6.30. The van der Waals surface area contributed by atoms with Gasteiger partial charge in [-0.3, -0.25) is 24.5 Å². The molecule has 3 aromatic rings. The van der Waals surface area contributed by atoms with E-state index in [1.54, 1.807) is 65.8 Å². The number of carbonyl (C=O) groups excluding carboxylic acids is 2. The number of allylic oxidation sites excluding steroid dienone is 2. The van der Waals surface area contributed by atoms with Crippen LogP contribution in [0.25, 0.3) is 17.1 Å². The third-order valence-corrected chi connectivity index (χ3v) is 6.83. The van der Waals surface area contributed by atoms with Gasteiger partial charge in [0.05, 0.1) is 34.2 Å². The Kier molecular flexibility index (Phi) is 6.32. The molecular formula is C26H25ClN6O2. The van der Waals surface area contributed by atoms with Crippen molar-refractivity contribution in [2.24, 2.45) is 11.7 Å². The monoisotopic (exact) mass is 488 g/mol. The fourth-order valence-corrected chi connectivity index (χ4v) is 5.06. The number of nitrogens with two attached hydrogens (primary N) is 1. The predicted octanol–water partition coefficient (Wildman–Crippen LogP) is 3.62. The molecule has 9 heteroatoms. The van der Waals surface area contributed by atoms with Crippen LogP contribution in [0.4, 0.5) is 0 Å². The number of piperidine rings is 1. The molecule has 2 N–H and O–H groups in total. The van der Waals surface area contributed by atoms with E-state index in [1.807, 2.05) is 12.1 Å². The minimum absolute atomic E-state index is 0.220. The summed E-state index contributed by atoms with van der Waals surface area (Å²) in [5, 5.41) is 5.21. The molecule has 8 nitrogen and oxygen atoms in total. The van der Waals surface area contributed by atoms with Gasteiger partial charge in [0, 0.05) is 12.4 Å². The molecule has 2 aliphatic rings. The van der Waals surface area contributed by atoms with Gasteiger partial charge in [-0.15, -0.1) is 0 Å². The average Bonchev–Trinajstić information content (AvgIpc) is 3.35. The Morgan fingerprint density at radius 1 is 1.09 bits per heavy atom. The highest BCUT2D eigenvalue weighted by Crippen LogP contribution is 2.37. The summed E-state index contributed by atoms with van der Waals surface area (Å²) in [4.78, 5) is 37.7. The van der Waals surface area contributed by atoms with E-state index in [0.717, 1.165) is 19.3 Å². The van der Waals surface area contributed by atoms with Crippen molar-refractivity contribution in [2.45, 2.75) is 24.8 Å². The summed E-state index contributed by atoms with van der Waals surface area (Å²) in [6, 6.07) is 8.87. The fraction of sp³-hybridized carbons (Fsp3) is 0.269. The Morgan fingerprint density at radius 2 is 1.91 bits per heavy atom. The first kappa shape index (κ1) is 23.1. The highest BCUT2D eigenvalue weighted by atomic mass is 35.5. The van der Waals surface area contributed by atoms with E-state index in [-0.39, 0.29) is 11.5 Å². The fourth-order valence-electron chi connectivity index (χ4n) is 4.95. The number of halogens is 1. The highest BCUT2D eigenvalue weighted by Gasteiger charge is 2.51. The number of ketones is 1. The molecule has 0 radical (unpaired) electrons. The Labute approximate surface area is 208 Å². The number of hydrogen-bond acceptors (Lipinski definition) is 6. The summed E-state index contributed by atoms with van der Waals surface area (Å²) in [5.74, 6) is -1.63. The number of amides is 1. The lowest BCUT2D eigenvalue weighted by Crippen LogP contribution is -2.62. The number of nitrogens with zero attached hydrogens (tertiary/aromatic N) is 5. The molecule has 1 aliphatic heterocycles. The third kappa shape index (κ3) is 4.19. The van der Waals surface area contributed by atoms with E-state index < -0.39 is 17.4 Å². The van der Waals surface area contributed by atoms with Crippen molar-refractivity contribution < 1.29 is 9.59 Å². The lowest BCUT2D eigenvalue weighted by atomic mass is 9.73. The van der Waals surface area contributed by atoms with Crippen LogP contribution in [0.2, 0.25) is 5.02 Å². The SMILES string of the molecule is NC(=O)C1C=CC=CC1(C(=O)c1cc(-c2ccc(Cl)cn2)n(-c2cccnc2)n1)N1CCCCC1. The van der Waals surface area contributed by atoms with Crippen molar-refractivity contribution in [3.8, 4) is 17.1 Å². The lowest BCUT2D eigenvalue weighted by molar-refractivity contribution is -0.123. The first-order valence-corrected chi connectivity index (χ1v) is 12.0. The van der Waals surface area contributed by atoms with Crippen molar-refractivity contribution in [3.05, 3.63) is 83.9 Å². The standard InChI is InChI=1S/C26H25ClN6O2/c27-18-9-10-21(30-16-18)23-15-22(31-33(23)19-7-6-12-29-17-19)24(34)26(32-13-4-1-5-14-32)11-3-2-8-20(26)25(28)35/h2-3,6-12,15-17,20H,1,4-5,13-14H2,(H2,28,35). The summed E-state index contributed by atoms with van der Waals surface area (Å²) in [5.41, 5.74) is 6.71. The number of rotatable bonds is 6.